The van der Waals surface area contributed by atoms with Crippen LogP contribution < -0.4 is 4.72 Å². The minimum atomic E-state index is -3.51. The average Bonchev–Trinajstić information content (AvgIpc) is 2.40. The molecular formula is C11H14N2O5S. The van der Waals surface area contributed by atoms with E-state index < -0.39 is 21.2 Å². The Morgan fingerprint density at radius 2 is 2.05 bits per heavy atom. The highest BCUT2D eigenvalue weighted by Gasteiger charge is 2.27. The molecule has 0 radical (unpaired) electrons. The number of carbonyl (C=O) groups is 1. The lowest BCUT2D eigenvalue weighted by Gasteiger charge is -2.22. The zero-order valence-corrected chi connectivity index (χ0v) is 10.9. The van der Waals surface area contributed by atoms with Crippen LogP contribution in [0.25, 0.3) is 0 Å². The van der Waals surface area contributed by atoms with Gasteiger partial charge in [-0.15, -0.1) is 0 Å². The van der Waals surface area contributed by atoms with Crippen molar-refractivity contribution in [1.29, 1.82) is 0 Å². The molecule has 1 fully saturated rings. The van der Waals surface area contributed by atoms with Crippen LogP contribution in [0, 0.1) is 0 Å². The first kappa shape index (κ1) is 13.8. The second kappa shape index (κ2) is 5.54. The van der Waals surface area contributed by atoms with Crippen LogP contribution in [0.3, 0.4) is 0 Å². The number of sulfonamides is 1. The van der Waals surface area contributed by atoms with Crippen molar-refractivity contribution in [2.24, 2.45) is 0 Å². The van der Waals surface area contributed by atoms with Gasteiger partial charge in [0.15, 0.2) is 0 Å². The molecule has 2 N–H and O–H groups in total. The summed E-state index contributed by atoms with van der Waals surface area (Å²) in [5.74, 6) is -0.983. The van der Waals surface area contributed by atoms with Crippen LogP contribution in [0.5, 0.6) is 0 Å². The second-order valence-corrected chi connectivity index (χ2v) is 6.16. The Balaban J connectivity index is 2.09. The number of aromatic nitrogens is 1. The molecular weight excluding hydrogens is 272 g/mol. The van der Waals surface area contributed by atoms with E-state index in [1.165, 1.54) is 12.1 Å². The minimum absolute atomic E-state index is 0.00835. The number of carboxylic acid groups (broad SMARTS) is 1. The zero-order chi connectivity index (χ0) is 13.9. The molecule has 7 nitrogen and oxygen atoms in total. The van der Waals surface area contributed by atoms with Gasteiger partial charge in [0.1, 0.15) is 5.82 Å². The number of nitrogens with one attached hydrogen (secondary N) is 1. The van der Waals surface area contributed by atoms with E-state index in [1.54, 1.807) is 0 Å². The third-order valence-corrected chi connectivity index (χ3v) is 4.71. The Morgan fingerprint density at radius 1 is 1.37 bits per heavy atom. The van der Waals surface area contributed by atoms with Crippen molar-refractivity contribution in [2.45, 2.75) is 18.1 Å². The summed E-state index contributed by atoms with van der Waals surface area (Å²) in [5, 5.41) is 8.22. The van der Waals surface area contributed by atoms with E-state index in [1.807, 2.05) is 0 Å². The van der Waals surface area contributed by atoms with E-state index >= 15 is 0 Å². The molecule has 104 valence electrons. The first-order chi connectivity index (χ1) is 8.99. The van der Waals surface area contributed by atoms with Gasteiger partial charge in [-0.05, 0) is 25.0 Å². The van der Waals surface area contributed by atoms with E-state index in [0.29, 0.717) is 26.1 Å². The number of hydrogen-bond donors (Lipinski definition) is 2. The molecule has 0 spiro atoms. The quantitative estimate of drug-likeness (QED) is 0.844. The van der Waals surface area contributed by atoms with Crippen molar-refractivity contribution in [1.82, 2.24) is 4.98 Å². The highest BCUT2D eigenvalue weighted by molar-refractivity contribution is 7.93. The largest absolute Gasteiger partial charge is 0.478 e. The number of rotatable bonds is 4. The zero-order valence-electron chi connectivity index (χ0n) is 10.1. The van der Waals surface area contributed by atoms with Gasteiger partial charge in [-0.3, -0.25) is 4.72 Å². The van der Waals surface area contributed by atoms with Crippen LogP contribution in [0.2, 0.25) is 0 Å². The maximum Gasteiger partial charge on any atom is 0.337 e. The van der Waals surface area contributed by atoms with Gasteiger partial charge < -0.3 is 9.84 Å². The molecule has 1 aliphatic rings. The van der Waals surface area contributed by atoms with Crippen LogP contribution in [0.1, 0.15) is 23.2 Å². The van der Waals surface area contributed by atoms with Gasteiger partial charge in [0, 0.05) is 19.4 Å². The van der Waals surface area contributed by atoms with Crippen molar-refractivity contribution in [3.8, 4) is 0 Å². The third kappa shape index (κ3) is 3.42. The number of aromatic carboxylic acids is 1. The maximum absolute atomic E-state index is 12.1. The van der Waals surface area contributed by atoms with Gasteiger partial charge in [0.25, 0.3) is 0 Å². The van der Waals surface area contributed by atoms with Gasteiger partial charge in [0.2, 0.25) is 10.0 Å². The fraction of sp³-hybridized carbons (Fsp3) is 0.455. The molecule has 0 aromatic carbocycles. The van der Waals surface area contributed by atoms with Gasteiger partial charge >= 0.3 is 5.97 Å². The summed E-state index contributed by atoms with van der Waals surface area (Å²) in [6.45, 7) is 0.855. The Hall–Kier alpha value is -1.67. The van der Waals surface area contributed by atoms with Gasteiger partial charge in [-0.2, -0.15) is 0 Å². The summed E-state index contributed by atoms with van der Waals surface area (Å²) in [6, 6.07) is 2.64. The highest BCUT2D eigenvalue weighted by atomic mass is 32.2. The highest BCUT2D eigenvalue weighted by Crippen LogP contribution is 2.18. The van der Waals surface area contributed by atoms with Crippen molar-refractivity contribution in [3.05, 3.63) is 23.9 Å². The minimum Gasteiger partial charge on any atom is -0.478 e. The van der Waals surface area contributed by atoms with Crippen LogP contribution in [-0.2, 0) is 14.8 Å². The lowest BCUT2D eigenvalue weighted by Crippen LogP contribution is -2.33. The Bertz CT molecular complexity index is 549. The van der Waals surface area contributed by atoms with Gasteiger partial charge in [-0.25, -0.2) is 18.2 Å². The molecule has 0 amide bonds. The molecule has 2 rings (SSSR count). The molecule has 2 heterocycles. The van der Waals surface area contributed by atoms with Crippen molar-refractivity contribution in [3.63, 3.8) is 0 Å². The van der Waals surface area contributed by atoms with Crippen LogP contribution >= 0.6 is 0 Å². The molecule has 1 aromatic rings. The molecule has 0 aliphatic carbocycles. The van der Waals surface area contributed by atoms with Gasteiger partial charge in [-0.1, -0.05) is 0 Å². The average molecular weight is 286 g/mol. The van der Waals surface area contributed by atoms with Gasteiger partial charge in [0.05, 0.1) is 10.8 Å². The van der Waals surface area contributed by atoms with E-state index in [4.69, 9.17) is 9.84 Å². The Kier molecular flexibility index (Phi) is 4.01. The predicted molar refractivity (Wildman–Crippen MR) is 67.6 cm³/mol. The molecule has 0 saturated carbocycles. The molecule has 8 heteroatoms. The summed E-state index contributed by atoms with van der Waals surface area (Å²) in [4.78, 5) is 14.4. The fourth-order valence-electron chi connectivity index (χ4n) is 1.80. The normalized spacial score (nSPS) is 17.1. The Morgan fingerprint density at radius 3 is 2.58 bits per heavy atom. The molecule has 0 unspecified atom stereocenters. The van der Waals surface area contributed by atoms with E-state index in [-0.39, 0.29) is 11.4 Å². The third-order valence-electron chi connectivity index (χ3n) is 2.86. The number of anilines is 1. The smallest absolute Gasteiger partial charge is 0.337 e. The monoisotopic (exact) mass is 286 g/mol. The predicted octanol–water partition coefficient (Wildman–Crippen LogP) is 0.700. The van der Waals surface area contributed by atoms with Crippen molar-refractivity contribution in [2.75, 3.05) is 17.9 Å². The summed E-state index contributed by atoms with van der Waals surface area (Å²) in [7, 11) is -3.51. The molecule has 1 aromatic heterocycles. The first-order valence-electron chi connectivity index (χ1n) is 5.78. The fourth-order valence-corrected chi connectivity index (χ4v) is 3.19. The lowest BCUT2D eigenvalue weighted by atomic mass is 10.2. The molecule has 19 heavy (non-hydrogen) atoms. The Labute approximate surface area is 110 Å². The SMILES string of the molecule is O=C(O)c1ccc(NS(=O)(=O)C2CCOCC2)nc1. The summed E-state index contributed by atoms with van der Waals surface area (Å²) >= 11 is 0. The first-order valence-corrected chi connectivity index (χ1v) is 7.32. The van der Waals surface area contributed by atoms with E-state index in [2.05, 4.69) is 9.71 Å². The number of nitrogens with zero attached hydrogens (tertiary/aromatic N) is 1. The molecule has 1 saturated heterocycles. The maximum atomic E-state index is 12.1. The molecule has 0 atom stereocenters. The molecule has 1 aliphatic heterocycles. The standard InChI is InChI=1S/C11H14N2O5S/c14-11(15)8-1-2-10(12-7-8)13-19(16,17)9-3-5-18-6-4-9/h1-2,7,9H,3-6H2,(H,12,13)(H,14,15). The molecule has 0 bridgehead atoms. The number of carboxylic acids is 1. The van der Waals surface area contributed by atoms with E-state index in [0.717, 1.165) is 6.20 Å². The van der Waals surface area contributed by atoms with Crippen LogP contribution in [-0.4, -0.2) is 42.9 Å². The second-order valence-electron chi connectivity index (χ2n) is 4.20. The van der Waals surface area contributed by atoms with E-state index in [9.17, 15) is 13.2 Å². The number of hydrogen-bond acceptors (Lipinski definition) is 5. The van der Waals surface area contributed by atoms with Crippen molar-refractivity contribution < 1.29 is 23.1 Å². The summed E-state index contributed by atoms with van der Waals surface area (Å²) in [6.07, 6.45) is 2.01. The number of pyridine rings is 1. The lowest BCUT2D eigenvalue weighted by molar-refractivity contribution is 0.0696. The van der Waals surface area contributed by atoms with Crippen molar-refractivity contribution >= 4 is 21.8 Å². The summed E-state index contributed by atoms with van der Waals surface area (Å²) in [5.41, 5.74) is 0.00835. The summed E-state index contributed by atoms with van der Waals surface area (Å²) < 4.78 is 31.6. The topological polar surface area (TPSA) is 106 Å². The van der Waals surface area contributed by atoms with Crippen LogP contribution in [0.4, 0.5) is 5.82 Å². The number of ether oxygens (including phenoxy) is 1. The van der Waals surface area contributed by atoms with Crippen LogP contribution in [0.15, 0.2) is 18.3 Å².